The van der Waals surface area contributed by atoms with E-state index < -0.39 is 11.9 Å². The number of aromatic carboxylic acids is 1. The zero-order valence-corrected chi connectivity index (χ0v) is 10.2. The Bertz CT molecular complexity index is 620. The van der Waals surface area contributed by atoms with Gasteiger partial charge in [0.25, 0.3) is 0 Å². The van der Waals surface area contributed by atoms with Crippen molar-refractivity contribution in [1.82, 2.24) is 4.98 Å². The first-order valence-corrected chi connectivity index (χ1v) is 5.49. The number of carboxylic acid groups (broad SMARTS) is 1. The first kappa shape index (κ1) is 12.8. The molecule has 0 radical (unpaired) electrons. The number of carboxylic acids is 1. The fourth-order valence-corrected chi connectivity index (χ4v) is 1.71. The van der Waals surface area contributed by atoms with Crippen molar-refractivity contribution < 1.29 is 19.4 Å². The van der Waals surface area contributed by atoms with Gasteiger partial charge in [0.2, 0.25) is 0 Å². The molecule has 5 nitrogen and oxygen atoms in total. The number of hydrogen-bond donors (Lipinski definition) is 1. The van der Waals surface area contributed by atoms with Gasteiger partial charge in [0.05, 0.1) is 18.2 Å². The number of aromatic nitrogens is 1. The maximum Gasteiger partial charge on any atom is 0.337 e. The van der Waals surface area contributed by atoms with Gasteiger partial charge in [0, 0.05) is 18.0 Å². The molecule has 1 aromatic carbocycles. The van der Waals surface area contributed by atoms with E-state index in [2.05, 4.69) is 9.72 Å². The van der Waals surface area contributed by atoms with Gasteiger partial charge in [-0.3, -0.25) is 4.98 Å². The molecule has 0 saturated heterocycles. The van der Waals surface area contributed by atoms with Crippen LogP contribution in [0, 0.1) is 0 Å². The standard InChI is InChI=1S/C14H11NO4/c1-19-14(18)10-4-2-9(3-5-10)12-8-15-7-6-11(12)13(16)17/h2-8H,1H3,(H,16,17). The summed E-state index contributed by atoms with van der Waals surface area (Å²) >= 11 is 0. The number of carbonyl (C=O) groups excluding carboxylic acids is 1. The lowest BCUT2D eigenvalue weighted by atomic mass is 10.0. The third kappa shape index (κ3) is 2.60. The Hall–Kier alpha value is -2.69. The molecule has 1 aromatic heterocycles. The number of hydrogen-bond acceptors (Lipinski definition) is 4. The Balaban J connectivity index is 2.43. The monoisotopic (exact) mass is 257 g/mol. The highest BCUT2D eigenvalue weighted by molar-refractivity contribution is 5.96. The Labute approximate surface area is 109 Å². The molecule has 2 rings (SSSR count). The van der Waals surface area contributed by atoms with Crippen LogP contribution in [0.1, 0.15) is 20.7 Å². The molecule has 0 spiro atoms. The predicted octanol–water partition coefficient (Wildman–Crippen LogP) is 2.23. The summed E-state index contributed by atoms with van der Waals surface area (Å²) in [5.41, 5.74) is 1.76. The number of esters is 1. The van der Waals surface area contributed by atoms with Gasteiger partial charge in [0.15, 0.2) is 0 Å². The molecule has 0 atom stereocenters. The Morgan fingerprint density at radius 3 is 2.42 bits per heavy atom. The fourth-order valence-electron chi connectivity index (χ4n) is 1.71. The number of ether oxygens (including phenoxy) is 1. The summed E-state index contributed by atoms with van der Waals surface area (Å²) in [4.78, 5) is 26.3. The largest absolute Gasteiger partial charge is 0.478 e. The number of benzene rings is 1. The molecular formula is C14H11NO4. The van der Waals surface area contributed by atoms with E-state index in [4.69, 9.17) is 5.11 Å². The molecule has 19 heavy (non-hydrogen) atoms. The van der Waals surface area contributed by atoms with Gasteiger partial charge in [-0.1, -0.05) is 12.1 Å². The third-order valence-corrected chi connectivity index (χ3v) is 2.67. The molecule has 96 valence electrons. The Kier molecular flexibility index (Phi) is 3.56. The fraction of sp³-hybridized carbons (Fsp3) is 0.0714. The van der Waals surface area contributed by atoms with Crippen LogP contribution in [-0.2, 0) is 4.74 Å². The van der Waals surface area contributed by atoms with Crippen molar-refractivity contribution in [2.45, 2.75) is 0 Å². The second-order valence-electron chi connectivity index (χ2n) is 3.80. The zero-order valence-electron chi connectivity index (χ0n) is 10.2. The van der Waals surface area contributed by atoms with Crippen molar-refractivity contribution in [3.63, 3.8) is 0 Å². The van der Waals surface area contributed by atoms with Crippen molar-refractivity contribution >= 4 is 11.9 Å². The van der Waals surface area contributed by atoms with Crippen LogP contribution < -0.4 is 0 Å². The van der Waals surface area contributed by atoms with Crippen LogP contribution in [0.3, 0.4) is 0 Å². The topological polar surface area (TPSA) is 76.5 Å². The van der Waals surface area contributed by atoms with Gasteiger partial charge in [-0.2, -0.15) is 0 Å². The third-order valence-electron chi connectivity index (χ3n) is 2.67. The summed E-state index contributed by atoms with van der Waals surface area (Å²) in [6.07, 6.45) is 2.91. The molecule has 1 N–H and O–H groups in total. The summed E-state index contributed by atoms with van der Waals surface area (Å²) in [6.45, 7) is 0. The normalized spacial score (nSPS) is 9.95. The molecule has 0 bridgehead atoms. The van der Waals surface area contributed by atoms with E-state index in [1.54, 1.807) is 24.3 Å². The van der Waals surface area contributed by atoms with Gasteiger partial charge in [0.1, 0.15) is 0 Å². The molecule has 0 unspecified atom stereocenters. The summed E-state index contributed by atoms with van der Waals surface area (Å²) in [5.74, 6) is -1.45. The lowest BCUT2D eigenvalue weighted by Crippen LogP contribution is -2.02. The average molecular weight is 257 g/mol. The van der Waals surface area contributed by atoms with E-state index >= 15 is 0 Å². The Morgan fingerprint density at radius 2 is 1.84 bits per heavy atom. The SMILES string of the molecule is COC(=O)c1ccc(-c2cnccc2C(=O)O)cc1. The highest BCUT2D eigenvalue weighted by Crippen LogP contribution is 2.23. The Morgan fingerprint density at radius 1 is 1.16 bits per heavy atom. The van der Waals surface area contributed by atoms with Gasteiger partial charge < -0.3 is 9.84 Å². The summed E-state index contributed by atoms with van der Waals surface area (Å²) in [5, 5.41) is 9.11. The van der Waals surface area contributed by atoms with E-state index in [0.717, 1.165) is 0 Å². The first-order valence-electron chi connectivity index (χ1n) is 5.49. The minimum absolute atomic E-state index is 0.167. The van der Waals surface area contributed by atoms with E-state index in [-0.39, 0.29) is 5.56 Å². The van der Waals surface area contributed by atoms with Gasteiger partial charge in [-0.25, -0.2) is 9.59 Å². The highest BCUT2D eigenvalue weighted by Gasteiger charge is 2.12. The van der Waals surface area contributed by atoms with Crippen molar-refractivity contribution in [2.75, 3.05) is 7.11 Å². The minimum atomic E-state index is -1.02. The second-order valence-corrected chi connectivity index (χ2v) is 3.80. The molecule has 2 aromatic rings. The number of pyridine rings is 1. The maximum absolute atomic E-state index is 11.3. The van der Waals surface area contributed by atoms with Gasteiger partial charge >= 0.3 is 11.9 Å². The van der Waals surface area contributed by atoms with E-state index in [1.165, 1.54) is 25.6 Å². The molecule has 0 aliphatic rings. The number of carbonyl (C=O) groups is 2. The summed E-state index contributed by atoms with van der Waals surface area (Å²) < 4.78 is 4.60. The van der Waals surface area contributed by atoms with Crippen molar-refractivity contribution in [2.24, 2.45) is 0 Å². The lowest BCUT2D eigenvalue weighted by Gasteiger charge is -2.06. The van der Waals surface area contributed by atoms with Crippen LogP contribution in [0.5, 0.6) is 0 Å². The van der Waals surface area contributed by atoms with E-state index in [9.17, 15) is 9.59 Å². The smallest absolute Gasteiger partial charge is 0.337 e. The average Bonchev–Trinajstić information content (AvgIpc) is 2.46. The quantitative estimate of drug-likeness (QED) is 0.853. The first-order chi connectivity index (χ1) is 9.13. The predicted molar refractivity (Wildman–Crippen MR) is 68.0 cm³/mol. The van der Waals surface area contributed by atoms with Crippen molar-refractivity contribution in [3.8, 4) is 11.1 Å². The van der Waals surface area contributed by atoms with E-state index in [1.807, 2.05) is 0 Å². The second kappa shape index (κ2) is 5.30. The molecule has 1 heterocycles. The van der Waals surface area contributed by atoms with Gasteiger partial charge in [-0.15, -0.1) is 0 Å². The number of rotatable bonds is 3. The molecule has 5 heteroatoms. The highest BCUT2D eigenvalue weighted by atomic mass is 16.5. The maximum atomic E-state index is 11.3. The van der Waals surface area contributed by atoms with Crippen LogP contribution in [0.15, 0.2) is 42.7 Å². The minimum Gasteiger partial charge on any atom is -0.478 e. The molecular weight excluding hydrogens is 246 g/mol. The van der Waals surface area contributed by atoms with Crippen molar-refractivity contribution in [1.29, 1.82) is 0 Å². The van der Waals surface area contributed by atoms with Crippen molar-refractivity contribution in [3.05, 3.63) is 53.9 Å². The number of methoxy groups -OCH3 is 1. The van der Waals surface area contributed by atoms with Crippen LogP contribution in [-0.4, -0.2) is 29.1 Å². The zero-order chi connectivity index (χ0) is 13.8. The van der Waals surface area contributed by atoms with Crippen LogP contribution in [0.2, 0.25) is 0 Å². The molecule has 0 saturated carbocycles. The molecule has 0 fully saturated rings. The van der Waals surface area contributed by atoms with Crippen LogP contribution in [0.4, 0.5) is 0 Å². The van der Waals surface area contributed by atoms with Gasteiger partial charge in [-0.05, 0) is 23.8 Å². The van der Waals surface area contributed by atoms with E-state index in [0.29, 0.717) is 16.7 Å². The molecule has 0 aliphatic heterocycles. The summed E-state index contributed by atoms with van der Waals surface area (Å²) in [7, 11) is 1.31. The van der Waals surface area contributed by atoms with Crippen LogP contribution in [0.25, 0.3) is 11.1 Å². The lowest BCUT2D eigenvalue weighted by molar-refractivity contribution is 0.0599. The van der Waals surface area contributed by atoms with Crippen LogP contribution >= 0.6 is 0 Å². The molecule has 0 amide bonds. The number of nitrogens with zero attached hydrogens (tertiary/aromatic N) is 1. The summed E-state index contributed by atoms with van der Waals surface area (Å²) in [6, 6.07) is 7.93. The molecule has 0 aliphatic carbocycles.